The fourth-order valence-electron chi connectivity index (χ4n) is 2.93. The topological polar surface area (TPSA) is 52.7 Å². The maximum Gasteiger partial charge on any atom is 0.254 e. The second kappa shape index (κ2) is 6.66. The number of hydrogen-bond acceptors (Lipinski definition) is 3. The van der Waals surface area contributed by atoms with Crippen LogP contribution in [0.5, 0.6) is 0 Å². The van der Waals surface area contributed by atoms with Crippen LogP contribution < -0.4 is 5.32 Å². The average Bonchev–Trinajstić information content (AvgIpc) is 3.33. The lowest BCUT2D eigenvalue weighted by atomic mass is 10.1. The van der Waals surface area contributed by atoms with E-state index in [0.717, 1.165) is 25.6 Å². The molecule has 0 radical (unpaired) electrons. The molecule has 0 atom stereocenters. The molecule has 23 heavy (non-hydrogen) atoms. The molecule has 1 N–H and O–H groups in total. The van der Waals surface area contributed by atoms with Crippen molar-refractivity contribution in [2.24, 2.45) is 5.92 Å². The minimum absolute atomic E-state index is 0.0516. The zero-order valence-corrected chi connectivity index (χ0v) is 13.3. The van der Waals surface area contributed by atoms with E-state index >= 15 is 0 Å². The maximum absolute atomic E-state index is 13.7. The Bertz CT molecular complexity index is 608. The second-order valence-electron chi connectivity index (χ2n) is 6.41. The zero-order chi connectivity index (χ0) is 16.4. The summed E-state index contributed by atoms with van der Waals surface area (Å²) >= 11 is 0. The number of hydrogen-bond donors (Lipinski definition) is 1. The van der Waals surface area contributed by atoms with Gasteiger partial charge in [-0.3, -0.25) is 14.5 Å². The van der Waals surface area contributed by atoms with E-state index in [9.17, 15) is 14.0 Å². The van der Waals surface area contributed by atoms with Gasteiger partial charge in [0, 0.05) is 45.2 Å². The standard InChI is InChI=1S/C17H22FN3O2/c1-12(22)19-16-10-14(4-5-15(16)18)17(23)21-8-6-20(7-9-21)11-13-2-3-13/h4-5,10,13H,2-3,6-9,11H2,1H3,(H,19,22). The molecule has 0 aromatic heterocycles. The second-order valence-corrected chi connectivity index (χ2v) is 6.41. The number of halogens is 1. The molecule has 0 bridgehead atoms. The molecule has 1 aromatic carbocycles. The Morgan fingerprint density at radius 2 is 1.91 bits per heavy atom. The van der Waals surface area contributed by atoms with Gasteiger partial charge in [-0.1, -0.05) is 0 Å². The van der Waals surface area contributed by atoms with E-state index in [0.29, 0.717) is 18.7 Å². The van der Waals surface area contributed by atoms with E-state index in [1.807, 2.05) is 0 Å². The highest BCUT2D eigenvalue weighted by Crippen LogP contribution is 2.30. The third-order valence-electron chi connectivity index (χ3n) is 4.40. The van der Waals surface area contributed by atoms with Crippen molar-refractivity contribution in [3.63, 3.8) is 0 Å². The van der Waals surface area contributed by atoms with Gasteiger partial charge in [0.25, 0.3) is 5.91 Å². The minimum atomic E-state index is -0.536. The highest BCUT2D eigenvalue weighted by Gasteiger charge is 2.28. The van der Waals surface area contributed by atoms with Gasteiger partial charge in [-0.05, 0) is 37.0 Å². The first-order valence-corrected chi connectivity index (χ1v) is 8.11. The monoisotopic (exact) mass is 319 g/mol. The van der Waals surface area contributed by atoms with Crippen molar-refractivity contribution in [2.45, 2.75) is 19.8 Å². The summed E-state index contributed by atoms with van der Waals surface area (Å²) in [6.07, 6.45) is 2.67. The van der Waals surface area contributed by atoms with E-state index in [4.69, 9.17) is 0 Å². The van der Waals surface area contributed by atoms with Gasteiger partial charge in [-0.2, -0.15) is 0 Å². The van der Waals surface area contributed by atoms with Crippen LogP contribution >= 0.6 is 0 Å². The predicted octanol–water partition coefficient (Wildman–Crippen LogP) is 1.95. The molecule has 3 rings (SSSR count). The first-order valence-electron chi connectivity index (χ1n) is 8.11. The average molecular weight is 319 g/mol. The van der Waals surface area contributed by atoms with Crippen LogP contribution in [0.3, 0.4) is 0 Å². The lowest BCUT2D eigenvalue weighted by Crippen LogP contribution is -2.49. The van der Waals surface area contributed by atoms with E-state index in [2.05, 4.69) is 10.2 Å². The van der Waals surface area contributed by atoms with E-state index in [-0.39, 0.29) is 17.5 Å². The lowest BCUT2D eigenvalue weighted by Gasteiger charge is -2.34. The van der Waals surface area contributed by atoms with Crippen molar-refractivity contribution >= 4 is 17.5 Å². The lowest BCUT2D eigenvalue weighted by molar-refractivity contribution is -0.114. The first kappa shape index (κ1) is 15.9. The number of carbonyl (C=O) groups is 2. The predicted molar refractivity (Wildman–Crippen MR) is 85.8 cm³/mol. The number of nitrogens with zero attached hydrogens (tertiary/aromatic N) is 2. The number of carbonyl (C=O) groups excluding carboxylic acids is 2. The first-order chi connectivity index (χ1) is 11.0. The van der Waals surface area contributed by atoms with Crippen LogP contribution in [-0.2, 0) is 4.79 Å². The van der Waals surface area contributed by atoms with Crippen molar-refractivity contribution in [1.82, 2.24) is 9.80 Å². The van der Waals surface area contributed by atoms with Gasteiger partial charge in [0.2, 0.25) is 5.91 Å². The molecular weight excluding hydrogens is 297 g/mol. The molecule has 1 aliphatic heterocycles. The van der Waals surface area contributed by atoms with Crippen LogP contribution in [0.4, 0.5) is 10.1 Å². The van der Waals surface area contributed by atoms with Gasteiger partial charge in [-0.25, -0.2) is 4.39 Å². The van der Waals surface area contributed by atoms with Crippen molar-refractivity contribution in [3.8, 4) is 0 Å². The number of piperazine rings is 1. The van der Waals surface area contributed by atoms with Crippen LogP contribution in [0.1, 0.15) is 30.1 Å². The largest absolute Gasteiger partial charge is 0.336 e. The van der Waals surface area contributed by atoms with Crippen molar-refractivity contribution in [3.05, 3.63) is 29.6 Å². The van der Waals surface area contributed by atoms with Crippen molar-refractivity contribution in [1.29, 1.82) is 0 Å². The molecule has 1 saturated heterocycles. The molecule has 0 spiro atoms. The van der Waals surface area contributed by atoms with E-state index < -0.39 is 5.82 Å². The number of amides is 2. The molecule has 1 aromatic rings. The Labute approximate surface area is 135 Å². The summed E-state index contributed by atoms with van der Waals surface area (Å²) in [7, 11) is 0. The van der Waals surface area contributed by atoms with Gasteiger partial charge in [0.15, 0.2) is 0 Å². The third kappa shape index (κ3) is 4.07. The Hall–Kier alpha value is -1.95. The summed E-state index contributed by atoms with van der Waals surface area (Å²) in [4.78, 5) is 27.9. The van der Waals surface area contributed by atoms with Gasteiger partial charge >= 0.3 is 0 Å². The number of benzene rings is 1. The normalized spacial score (nSPS) is 18.8. The fraction of sp³-hybridized carbons (Fsp3) is 0.529. The summed E-state index contributed by atoms with van der Waals surface area (Å²) in [6, 6.07) is 4.11. The highest BCUT2D eigenvalue weighted by atomic mass is 19.1. The Kier molecular flexibility index (Phi) is 4.61. The van der Waals surface area contributed by atoms with Crippen LogP contribution in [-0.4, -0.2) is 54.3 Å². The zero-order valence-electron chi connectivity index (χ0n) is 13.3. The molecular formula is C17H22FN3O2. The van der Waals surface area contributed by atoms with Crippen molar-refractivity contribution < 1.29 is 14.0 Å². The Balaban J connectivity index is 1.62. The fourth-order valence-corrected chi connectivity index (χ4v) is 2.93. The van der Waals surface area contributed by atoms with E-state index in [1.165, 1.54) is 38.0 Å². The van der Waals surface area contributed by atoms with Crippen LogP contribution in [0.2, 0.25) is 0 Å². The molecule has 2 fully saturated rings. The third-order valence-corrected chi connectivity index (χ3v) is 4.40. The van der Waals surface area contributed by atoms with Crippen LogP contribution in [0.15, 0.2) is 18.2 Å². The van der Waals surface area contributed by atoms with Crippen LogP contribution in [0.25, 0.3) is 0 Å². The van der Waals surface area contributed by atoms with Crippen molar-refractivity contribution in [2.75, 3.05) is 38.0 Å². The minimum Gasteiger partial charge on any atom is -0.336 e. The quantitative estimate of drug-likeness (QED) is 0.923. The maximum atomic E-state index is 13.7. The van der Waals surface area contributed by atoms with Gasteiger partial charge in [0.1, 0.15) is 5.82 Å². The molecule has 0 unspecified atom stereocenters. The highest BCUT2D eigenvalue weighted by molar-refractivity contribution is 5.97. The SMILES string of the molecule is CC(=O)Nc1cc(C(=O)N2CCN(CC3CC3)CC2)ccc1F. The number of rotatable bonds is 4. The summed E-state index contributed by atoms with van der Waals surface area (Å²) in [5, 5.41) is 2.41. The summed E-state index contributed by atoms with van der Waals surface area (Å²) in [5.74, 6) is -0.148. The van der Waals surface area contributed by atoms with Crippen LogP contribution in [0, 0.1) is 11.7 Å². The summed E-state index contributed by atoms with van der Waals surface area (Å²) < 4.78 is 13.7. The molecule has 6 heteroatoms. The van der Waals surface area contributed by atoms with Gasteiger partial charge in [0.05, 0.1) is 5.69 Å². The summed E-state index contributed by atoms with van der Waals surface area (Å²) in [5.41, 5.74) is 0.460. The molecule has 124 valence electrons. The Morgan fingerprint density at radius 3 is 2.52 bits per heavy atom. The molecule has 2 amide bonds. The molecule has 2 aliphatic rings. The molecule has 1 heterocycles. The Morgan fingerprint density at radius 1 is 1.22 bits per heavy atom. The molecule has 1 saturated carbocycles. The van der Waals surface area contributed by atoms with Gasteiger partial charge < -0.3 is 10.2 Å². The molecule has 5 nitrogen and oxygen atoms in total. The van der Waals surface area contributed by atoms with E-state index in [1.54, 1.807) is 4.90 Å². The van der Waals surface area contributed by atoms with Gasteiger partial charge in [-0.15, -0.1) is 0 Å². The summed E-state index contributed by atoms with van der Waals surface area (Å²) in [6.45, 7) is 5.62. The molecule has 1 aliphatic carbocycles. The smallest absolute Gasteiger partial charge is 0.254 e. The number of nitrogens with one attached hydrogen (secondary N) is 1. The number of anilines is 1.